The fourth-order valence-corrected chi connectivity index (χ4v) is 3.42. The molecule has 0 fully saturated rings. The van der Waals surface area contributed by atoms with E-state index in [4.69, 9.17) is 15.4 Å². The molecule has 0 aliphatic rings. The summed E-state index contributed by atoms with van der Waals surface area (Å²) in [7, 11) is -4.04. The van der Waals surface area contributed by atoms with Crippen molar-refractivity contribution in [1.82, 2.24) is 0 Å². The Morgan fingerprint density at radius 3 is 2.00 bits per heavy atom. The van der Waals surface area contributed by atoms with E-state index in [9.17, 15) is 13.2 Å². The monoisotopic (exact) mass is 426 g/mol. The first kappa shape index (κ1) is 24.7. The second-order valence-electron chi connectivity index (χ2n) is 6.69. The van der Waals surface area contributed by atoms with Crippen molar-refractivity contribution in [2.24, 2.45) is 4.52 Å². The molecule has 0 spiro atoms. The molecule has 0 unspecified atom stereocenters. The number of hydrogen-bond acceptors (Lipinski definition) is 5. The predicted molar refractivity (Wildman–Crippen MR) is 111 cm³/mol. The van der Waals surface area contributed by atoms with Crippen LogP contribution in [0.2, 0.25) is 0 Å². The zero-order valence-electron chi connectivity index (χ0n) is 16.6. The van der Waals surface area contributed by atoms with Gasteiger partial charge >= 0.3 is 6.09 Å². The molecular formula is C19H30N4O5S. The van der Waals surface area contributed by atoms with Crippen LogP contribution in [0.5, 0.6) is 0 Å². The van der Waals surface area contributed by atoms with Gasteiger partial charge in [0.1, 0.15) is 0 Å². The first-order chi connectivity index (χ1) is 14.0. The van der Waals surface area contributed by atoms with Crippen molar-refractivity contribution in [3.05, 3.63) is 34.7 Å². The summed E-state index contributed by atoms with van der Waals surface area (Å²) in [5.74, 6) is 0. The number of unbranched alkanes of at least 4 members (excludes halogenated alkanes) is 9. The van der Waals surface area contributed by atoms with Gasteiger partial charge in [-0.3, -0.25) is 5.32 Å². The minimum absolute atomic E-state index is 0.153. The summed E-state index contributed by atoms with van der Waals surface area (Å²) in [5.41, 5.74) is 8.63. The Morgan fingerprint density at radius 2 is 1.48 bits per heavy atom. The summed E-state index contributed by atoms with van der Waals surface area (Å²) < 4.78 is 31.0. The maximum absolute atomic E-state index is 11.7. The summed E-state index contributed by atoms with van der Waals surface area (Å²) in [4.78, 5) is 13.9. The van der Waals surface area contributed by atoms with Crippen molar-refractivity contribution in [3.63, 3.8) is 0 Å². The van der Waals surface area contributed by atoms with Crippen LogP contribution in [0.4, 0.5) is 10.5 Å². The van der Waals surface area contributed by atoms with Gasteiger partial charge in [-0.1, -0.05) is 51.4 Å². The van der Waals surface area contributed by atoms with Crippen LogP contribution in [0.15, 0.2) is 33.7 Å². The molecule has 0 aliphatic carbocycles. The van der Waals surface area contributed by atoms with Crippen LogP contribution in [0, 0.1) is 0 Å². The van der Waals surface area contributed by atoms with Gasteiger partial charge < -0.3 is 9.84 Å². The van der Waals surface area contributed by atoms with Gasteiger partial charge in [0.15, 0.2) is 0 Å². The molecule has 0 aliphatic heterocycles. The van der Waals surface area contributed by atoms with Crippen LogP contribution in [0.3, 0.4) is 0 Å². The number of carbonyl (C=O) groups is 1. The molecule has 0 saturated heterocycles. The number of aliphatic hydroxyl groups excluding tert-OH is 1. The van der Waals surface area contributed by atoms with Crippen LogP contribution < -0.4 is 5.32 Å². The first-order valence-corrected chi connectivity index (χ1v) is 11.4. The average molecular weight is 427 g/mol. The zero-order chi connectivity index (χ0) is 21.4. The molecule has 0 aromatic heterocycles. The van der Waals surface area contributed by atoms with E-state index in [1.54, 1.807) is 0 Å². The van der Waals surface area contributed by atoms with Crippen LogP contribution in [-0.4, -0.2) is 32.8 Å². The van der Waals surface area contributed by atoms with Crippen LogP contribution >= 0.6 is 0 Å². The Bertz CT molecular complexity index is 746. The molecule has 162 valence electrons. The number of azide groups is 1. The topological polar surface area (TPSA) is 141 Å². The van der Waals surface area contributed by atoms with Gasteiger partial charge in [-0.15, -0.1) is 0 Å². The standard InChI is InChI=1S/C19H30N4O5S/c20-22-23-29(26,27)18-13-11-17(12-14-18)21-19(25)28-16-10-8-6-4-2-1-3-5-7-9-15-24/h11-14,24H,1-10,15-16H2,(H,21,25). The number of rotatable bonds is 15. The third-order valence-electron chi connectivity index (χ3n) is 4.33. The van der Waals surface area contributed by atoms with E-state index < -0.39 is 16.1 Å². The molecule has 10 heteroatoms. The number of benzene rings is 1. The molecule has 1 rings (SSSR count). The van der Waals surface area contributed by atoms with Crippen molar-refractivity contribution in [1.29, 1.82) is 0 Å². The average Bonchev–Trinajstić information content (AvgIpc) is 2.69. The summed E-state index contributed by atoms with van der Waals surface area (Å²) in [6.07, 6.45) is 10.4. The maximum Gasteiger partial charge on any atom is 0.411 e. The fraction of sp³-hybridized carbons (Fsp3) is 0.632. The third-order valence-corrected chi connectivity index (χ3v) is 5.48. The lowest BCUT2D eigenvalue weighted by molar-refractivity contribution is 0.159. The molecule has 0 radical (unpaired) electrons. The number of hydrogen-bond donors (Lipinski definition) is 2. The Labute approximate surface area is 172 Å². The SMILES string of the molecule is [N-]=[N+]=NS(=O)(=O)c1ccc(NC(=O)OCCCCCCCCCCCCO)cc1. The minimum atomic E-state index is -4.04. The molecule has 0 heterocycles. The number of nitrogens with one attached hydrogen (secondary N) is 1. The van der Waals surface area contributed by atoms with Gasteiger partial charge in [-0.05, 0) is 42.6 Å². The number of amides is 1. The largest absolute Gasteiger partial charge is 0.449 e. The Kier molecular flexibility index (Phi) is 12.5. The normalized spacial score (nSPS) is 10.9. The molecule has 29 heavy (non-hydrogen) atoms. The van der Waals surface area contributed by atoms with E-state index in [1.807, 2.05) is 0 Å². The Balaban J connectivity index is 2.10. The van der Waals surface area contributed by atoms with E-state index in [1.165, 1.54) is 56.4 Å². The lowest BCUT2D eigenvalue weighted by Crippen LogP contribution is -2.14. The number of nitrogens with zero attached hydrogens (tertiary/aromatic N) is 3. The Morgan fingerprint density at radius 1 is 0.966 bits per heavy atom. The molecule has 1 amide bonds. The Hall–Kier alpha value is -2.29. The zero-order valence-corrected chi connectivity index (χ0v) is 17.4. The second kappa shape index (κ2) is 14.7. The number of carbonyl (C=O) groups excluding carboxylic acids is 1. The summed E-state index contributed by atoms with van der Waals surface area (Å²) in [6.45, 7) is 0.617. The summed E-state index contributed by atoms with van der Waals surface area (Å²) in [5, 5.41) is 11.2. The van der Waals surface area contributed by atoms with Gasteiger partial charge in [0.2, 0.25) is 0 Å². The smallest absolute Gasteiger partial charge is 0.411 e. The molecule has 9 nitrogen and oxygen atoms in total. The van der Waals surface area contributed by atoms with Gasteiger partial charge in [0.25, 0.3) is 10.0 Å². The number of anilines is 1. The van der Waals surface area contributed by atoms with E-state index in [2.05, 4.69) is 14.7 Å². The van der Waals surface area contributed by atoms with Gasteiger partial charge in [-0.25, -0.2) is 13.2 Å². The molecule has 0 saturated carbocycles. The molecule has 1 aromatic carbocycles. The highest BCUT2D eigenvalue weighted by molar-refractivity contribution is 7.90. The molecule has 0 atom stereocenters. The third kappa shape index (κ3) is 11.3. The van der Waals surface area contributed by atoms with Crippen molar-refractivity contribution in [3.8, 4) is 0 Å². The van der Waals surface area contributed by atoms with Crippen molar-refractivity contribution < 1.29 is 23.1 Å². The fourth-order valence-electron chi connectivity index (χ4n) is 2.75. The van der Waals surface area contributed by atoms with E-state index in [-0.39, 0.29) is 11.5 Å². The van der Waals surface area contributed by atoms with Crippen molar-refractivity contribution >= 4 is 21.8 Å². The van der Waals surface area contributed by atoms with E-state index in [0.29, 0.717) is 12.3 Å². The van der Waals surface area contributed by atoms with Crippen LogP contribution in [0.25, 0.3) is 10.4 Å². The molecule has 0 bridgehead atoms. The van der Waals surface area contributed by atoms with Gasteiger partial charge in [0, 0.05) is 21.7 Å². The first-order valence-electron chi connectivity index (χ1n) is 9.95. The highest BCUT2D eigenvalue weighted by Gasteiger charge is 2.12. The van der Waals surface area contributed by atoms with Crippen molar-refractivity contribution in [2.45, 2.75) is 69.1 Å². The van der Waals surface area contributed by atoms with Crippen LogP contribution in [0.1, 0.15) is 64.2 Å². The molecular weight excluding hydrogens is 396 g/mol. The molecule has 1 aromatic rings. The highest BCUT2D eigenvalue weighted by atomic mass is 32.2. The van der Waals surface area contributed by atoms with E-state index in [0.717, 1.165) is 32.1 Å². The lowest BCUT2D eigenvalue weighted by atomic mass is 10.1. The van der Waals surface area contributed by atoms with E-state index >= 15 is 0 Å². The van der Waals surface area contributed by atoms with Gasteiger partial charge in [0.05, 0.1) is 11.5 Å². The quantitative estimate of drug-likeness (QED) is 0.173. The highest BCUT2D eigenvalue weighted by Crippen LogP contribution is 2.16. The maximum atomic E-state index is 11.7. The molecule has 2 N–H and O–H groups in total. The second-order valence-corrected chi connectivity index (χ2v) is 8.28. The summed E-state index contributed by atoms with van der Waals surface area (Å²) in [6, 6.07) is 5.27. The number of sulfonamides is 1. The predicted octanol–water partition coefficient (Wildman–Crippen LogP) is 5.13. The van der Waals surface area contributed by atoms with Crippen LogP contribution in [-0.2, 0) is 14.8 Å². The van der Waals surface area contributed by atoms with Crippen molar-refractivity contribution in [2.75, 3.05) is 18.5 Å². The van der Waals surface area contributed by atoms with Gasteiger partial charge in [-0.2, -0.15) is 0 Å². The minimum Gasteiger partial charge on any atom is -0.449 e. The lowest BCUT2D eigenvalue weighted by Gasteiger charge is -2.07. The number of ether oxygens (including phenoxy) is 1. The summed E-state index contributed by atoms with van der Waals surface area (Å²) >= 11 is 0. The number of aliphatic hydroxyl groups is 1.